The maximum atomic E-state index is 15.0. The SMILES string of the molecule is CC(N)=NCCCNCc1ccc(-n2cc3cc(-c4cc(CCCCN)cc(Cl)c4F)[nH]c3nc2=O)cc1. The lowest BCUT2D eigenvalue weighted by molar-refractivity contribution is 0.630. The Kier molecular flexibility index (Phi) is 9.28. The van der Waals surface area contributed by atoms with Crippen LogP contribution in [0.3, 0.4) is 0 Å². The molecule has 0 aliphatic rings. The first kappa shape index (κ1) is 27.5. The number of nitrogens with two attached hydrogens (primary N) is 2. The van der Waals surface area contributed by atoms with Crippen molar-refractivity contribution in [3.8, 4) is 16.9 Å². The average molecular weight is 538 g/mol. The van der Waals surface area contributed by atoms with Crippen LogP contribution in [-0.4, -0.2) is 40.0 Å². The van der Waals surface area contributed by atoms with E-state index in [1.807, 2.05) is 24.3 Å². The highest BCUT2D eigenvalue weighted by Gasteiger charge is 2.15. The Hall–Kier alpha value is -3.53. The van der Waals surface area contributed by atoms with Crippen LogP contribution in [0.25, 0.3) is 28.0 Å². The minimum absolute atomic E-state index is 0.0604. The Morgan fingerprint density at radius 3 is 2.68 bits per heavy atom. The molecular formula is C28H33ClFN7O. The molecule has 8 nitrogen and oxygen atoms in total. The van der Waals surface area contributed by atoms with Crippen molar-refractivity contribution in [3.05, 3.63) is 81.1 Å². The number of amidine groups is 1. The van der Waals surface area contributed by atoms with Gasteiger partial charge in [0.2, 0.25) is 0 Å². The third-order valence-electron chi connectivity index (χ3n) is 6.22. The molecule has 0 aliphatic carbocycles. The van der Waals surface area contributed by atoms with E-state index in [9.17, 15) is 9.18 Å². The second kappa shape index (κ2) is 12.8. The molecule has 10 heteroatoms. The molecule has 0 saturated carbocycles. The third-order valence-corrected chi connectivity index (χ3v) is 6.50. The molecule has 2 aromatic heterocycles. The lowest BCUT2D eigenvalue weighted by Gasteiger charge is -2.08. The second-order valence-electron chi connectivity index (χ2n) is 9.29. The van der Waals surface area contributed by atoms with Crippen molar-refractivity contribution in [2.75, 3.05) is 19.6 Å². The largest absolute Gasteiger partial charge is 0.388 e. The summed E-state index contributed by atoms with van der Waals surface area (Å²) in [5, 5.41) is 4.12. The summed E-state index contributed by atoms with van der Waals surface area (Å²) in [4.78, 5) is 24.3. The highest BCUT2D eigenvalue weighted by molar-refractivity contribution is 6.31. The van der Waals surface area contributed by atoms with E-state index in [4.69, 9.17) is 23.1 Å². The molecule has 0 spiro atoms. The van der Waals surface area contributed by atoms with Crippen molar-refractivity contribution in [1.29, 1.82) is 0 Å². The minimum Gasteiger partial charge on any atom is -0.388 e. The van der Waals surface area contributed by atoms with E-state index >= 15 is 0 Å². The van der Waals surface area contributed by atoms with Crippen LogP contribution in [0.2, 0.25) is 5.02 Å². The number of H-pyrrole nitrogens is 1. The highest BCUT2D eigenvalue weighted by Crippen LogP contribution is 2.31. The maximum Gasteiger partial charge on any atom is 0.354 e. The van der Waals surface area contributed by atoms with Crippen LogP contribution in [0, 0.1) is 5.82 Å². The predicted molar refractivity (Wildman–Crippen MR) is 153 cm³/mol. The van der Waals surface area contributed by atoms with Gasteiger partial charge in [0.15, 0.2) is 5.82 Å². The van der Waals surface area contributed by atoms with Gasteiger partial charge < -0.3 is 21.8 Å². The van der Waals surface area contributed by atoms with Gasteiger partial charge in [-0.05, 0) is 87.2 Å². The van der Waals surface area contributed by atoms with Crippen molar-refractivity contribution in [2.24, 2.45) is 16.5 Å². The molecule has 0 unspecified atom stereocenters. The molecule has 4 aromatic rings. The van der Waals surface area contributed by atoms with Crippen LogP contribution in [0.4, 0.5) is 4.39 Å². The summed E-state index contributed by atoms with van der Waals surface area (Å²) in [7, 11) is 0. The van der Waals surface area contributed by atoms with Gasteiger partial charge in [-0.1, -0.05) is 23.7 Å². The first-order valence-electron chi connectivity index (χ1n) is 12.7. The van der Waals surface area contributed by atoms with Crippen molar-refractivity contribution < 1.29 is 4.39 Å². The number of fused-ring (bicyclic) bond motifs is 1. The van der Waals surface area contributed by atoms with Crippen LogP contribution < -0.4 is 22.5 Å². The molecular weight excluding hydrogens is 505 g/mol. The van der Waals surface area contributed by atoms with Gasteiger partial charge in [0, 0.05) is 30.2 Å². The fraction of sp³-hybridized carbons (Fsp3) is 0.321. The van der Waals surface area contributed by atoms with E-state index in [2.05, 4.69) is 20.3 Å². The fourth-order valence-electron chi connectivity index (χ4n) is 4.25. The van der Waals surface area contributed by atoms with Gasteiger partial charge in [0.1, 0.15) is 5.65 Å². The molecule has 0 bridgehead atoms. The molecule has 0 saturated heterocycles. The molecule has 2 aromatic carbocycles. The lowest BCUT2D eigenvalue weighted by atomic mass is 10.0. The summed E-state index contributed by atoms with van der Waals surface area (Å²) in [6.07, 6.45) is 5.14. The number of aromatic nitrogens is 3. The molecule has 38 heavy (non-hydrogen) atoms. The van der Waals surface area contributed by atoms with Gasteiger partial charge in [0.25, 0.3) is 0 Å². The summed E-state index contributed by atoms with van der Waals surface area (Å²) in [5.74, 6) is 0.0848. The zero-order valence-electron chi connectivity index (χ0n) is 21.4. The molecule has 0 atom stereocenters. The molecule has 200 valence electrons. The number of nitrogens with one attached hydrogen (secondary N) is 2. The third kappa shape index (κ3) is 6.86. The van der Waals surface area contributed by atoms with Gasteiger partial charge >= 0.3 is 5.69 Å². The van der Waals surface area contributed by atoms with E-state index in [1.54, 1.807) is 31.3 Å². The summed E-state index contributed by atoms with van der Waals surface area (Å²) in [5.41, 5.74) is 14.7. The Bertz CT molecular complexity index is 1470. The molecule has 0 aliphatic heterocycles. The summed E-state index contributed by atoms with van der Waals surface area (Å²) < 4.78 is 16.4. The number of halogens is 2. The van der Waals surface area contributed by atoms with Crippen molar-refractivity contribution >= 4 is 28.5 Å². The predicted octanol–water partition coefficient (Wildman–Crippen LogP) is 4.31. The molecule has 0 radical (unpaired) electrons. The number of aliphatic imine (C=N–C) groups is 1. The number of benzene rings is 2. The number of hydrogen-bond donors (Lipinski definition) is 4. The minimum atomic E-state index is -0.512. The van der Waals surface area contributed by atoms with Gasteiger partial charge in [-0.2, -0.15) is 4.98 Å². The summed E-state index contributed by atoms with van der Waals surface area (Å²) in [6.45, 7) is 4.63. The van der Waals surface area contributed by atoms with Crippen molar-refractivity contribution in [1.82, 2.24) is 19.9 Å². The van der Waals surface area contributed by atoms with E-state index < -0.39 is 11.5 Å². The van der Waals surface area contributed by atoms with E-state index in [1.165, 1.54) is 4.57 Å². The first-order chi connectivity index (χ1) is 18.4. The van der Waals surface area contributed by atoms with Crippen LogP contribution in [0.15, 0.2) is 58.4 Å². The molecule has 6 N–H and O–H groups in total. The Morgan fingerprint density at radius 1 is 1.16 bits per heavy atom. The normalized spacial score (nSPS) is 11.9. The van der Waals surface area contributed by atoms with Crippen molar-refractivity contribution in [2.45, 2.75) is 39.2 Å². The number of aryl methyl sites for hydroxylation is 1. The quantitative estimate of drug-likeness (QED) is 0.122. The molecule has 2 heterocycles. The monoisotopic (exact) mass is 537 g/mol. The Balaban J connectivity index is 1.51. The van der Waals surface area contributed by atoms with E-state index in [0.29, 0.717) is 53.4 Å². The smallest absolute Gasteiger partial charge is 0.354 e. The van der Waals surface area contributed by atoms with Gasteiger partial charge in [-0.25, -0.2) is 9.18 Å². The highest BCUT2D eigenvalue weighted by atomic mass is 35.5. The van der Waals surface area contributed by atoms with Crippen LogP contribution >= 0.6 is 11.6 Å². The topological polar surface area (TPSA) is 127 Å². The van der Waals surface area contributed by atoms with Gasteiger partial charge in [-0.15, -0.1) is 0 Å². The lowest BCUT2D eigenvalue weighted by Crippen LogP contribution is -2.20. The number of rotatable bonds is 12. The number of nitrogens with zero attached hydrogens (tertiary/aromatic N) is 3. The van der Waals surface area contributed by atoms with Crippen LogP contribution in [0.5, 0.6) is 0 Å². The van der Waals surface area contributed by atoms with E-state index in [-0.39, 0.29) is 5.02 Å². The molecule has 0 amide bonds. The number of hydrogen-bond acceptors (Lipinski definition) is 5. The molecule has 0 fully saturated rings. The molecule has 4 rings (SSSR count). The van der Waals surface area contributed by atoms with Gasteiger partial charge in [-0.3, -0.25) is 9.56 Å². The van der Waals surface area contributed by atoms with Gasteiger partial charge in [0.05, 0.1) is 22.2 Å². The van der Waals surface area contributed by atoms with Crippen molar-refractivity contribution in [3.63, 3.8) is 0 Å². The number of unbranched alkanes of at least 4 members (excludes halogenated alkanes) is 1. The summed E-state index contributed by atoms with van der Waals surface area (Å²) in [6, 6.07) is 12.9. The van der Waals surface area contributed by atoms with Crippen LogP contribution in [-0.2, 0) is 13.0 Å². The maximum absolute atomic E-state index is 15.0. The standard InChI is InChI=1S/C28H33ClFN7O/c1-18(32)34-12-4-11-33-16-19-6-8-22(9-7-19)37-17-21-15-25(35-27(21)36-28(37)38)23-13-20(5-2-3-10-31)14-24(29)26(23)30/h6-9,13-15,17,33H,2-5,10-12,16,31H2,1H3,(H2,32,34)(H,35,36,38). The fourth-order valence-corrected chi connectivity index (χ4v) is 4.49. The van der Waals surface area contributed by atoms with E-state index in [0.717, 1.165) is 43.4 Å². The second-order valence-corrected chi connectivity index (χ2v) is 9.69. The van der Waals surface area contributed by atoms with Crippen LogP contribution in [0.1, 0.15) is 37.3 Å². The zero-order valence-corrected chi connectivity index (χ0v) is 22.2. The number of aromatic amines is 1. The zero-order chi connectivity index (χ0) is 27.1. The average Bonchev–Trinajstić information content (AvgIpc) is 3.30. The first-order valence-corrected chi connectivity index (χ1v) is 13.1. The summed E-state index contributed by atoms with van der Waals surface area (Å²) >= 11 is 6.19. The Labute approximate surface area is 225 Å². The Morgan fingerprint density at radius 2 is 1.95 bits per heavy atom.